The molecule has 6 heteroatoms. The second-order valence-electron chi connectivity index (χ2n) is 4.38. The molecule has 0 radical (unpaired) electrons. The molecule has 2 heterocycles. The van der Waals surface area contributed by atoms with Crippen LogP contribution in [-0.4, -0.2) is 26.9 Å². The van der Waals surface area contributed by atoms with Crippen LogP contribution in [0.15, 0.2) is 28.8 Å². The first-order valence-corrected chi connectivity index (χ1v) is 5.86. The monoisotopic (exact) mass is 257 g/mol. The van der Waals surface area contributed by atoms with Crippen molar-refractivity contribution in [2.24, 2.45) is 0 Å². The fourth-order valence-corrected chi connectivity index (χ4v) is 2.15. The van der Waals surface area contributed by atoms with Crippen molar-refractivity contribution in [3.8, 4) is 0 Å². The summed E-state index contributed by atoms with van der Waals surface area (Å²) in [5, 5.41) is 3.67. The van der Waals surface area contributed by atoms with Gasteiger partial charge in [-0.1, -0.05) is 17.3 Å². The van der Waals surface area contributed by atoms with Gasteiger partial charge in [0, 0.05) is 0 Å². The van der Waals surface area contributed by atoms with E-state index in [1.807, 2.05) is 0 Å². The topological polar surface area (TPSA) is 76.3 Å². The number of benzene rings is 1. The summed E-state index contributed by atoms with van der Waals surface area (Å²) in [6.45, 7) is 3.37. The number of hydrogen-bond acceptors (Lipinski definition) is 5. The summed E-state index contributed by atoms with van der Waals surface area (Å²) < 4.78 is 5.03. The van der Waals surface area contributed by atoms with Crippen molar-refractivity contribution in [3.05, 3.63) is 47.1 Å². The first-order valence-electron chi connectivity index (χ1n) is 5.86. The highest BCUT2D eigenvalue weighted by Gasteiger charge is 2.40. The molecule has 1 atom stereocenters. The number of carbonyl (C=O) groups excluding carboxylic acids is 2. The minimum atomic E-state index is -0.575. The molecule has 1 aromatic carbocycles. The van der Waals surface area contributed by atoms with Crippen LogP contribution in [0.4, 0.5) is 0 Å². The Morgan fingerprint density at radius 2 is 1.74 bits per heavy atom. The Morgan fingerprint density at radius 3 is 2.21 bits per heavy atom. The van der Waals surface area contributed by atoms with Crippen LogP contribution in [0.1, 0.15) is 45.4 Å². The molecule has 0 aliphatic carbocycles. The quantitative estimate of drug-likeness (QED) is 0.766. The minimum absolute atomic E-state index is 0.256. The molecule has 1 aliphatic heterocycles. The van der Waals surface area contributed by atoms with E-state index in [0.717, 1.165) is 4.90 Å². The Morgan fingerprint density at radius 1 is 1.16 bits per heavy atom. The van der Waals surface area contributed by atoms with Crippen molar-refractivity contribution in [1.29, 1.82) is 0 Å². The summed E-state index contributed by atoms with van der Waals surface area (Å²) in [5.41, 5.74) is 0.825. The van der Waals surface area contributed by atoms with Crippen LogP contribution in [0.2, 0.25) is 0 Å². The van der Waals surface area contributed by atoms with Gasteiger partial charge in [0.15, 0.2) is 5.82 Å². The third-order valence-electron chi connectivity index (χ3n) is 3.11. The first kappa shape index (κ1) is 11.6. The van der Waals surface area contributed by atoms with Gasteiger partial charge in [-0.3, -0.25) is 14.5 Å². The lowest BCUT2D eigenvalue weighted by Gasteiger charge is -2.18. The van der Waals surface area contributed by atoms with Gasteiger partial charge in [-0.25, -0.2) is 0 Å². The lowest BCUT2D eigenvalue weighted by Crippen LogP contribution is -2.32. The molecule has 3 rings (SSSR count). The Balaban J connectivity index is 2.00. The van der Waals surface area contributed by atoms with Crippen molar-refractivity contribution in [1.82, 2.24) is 15.0 Å². The number of rotatable bonds is 2. The van der Waals surface area contributed by atoms with Gasteiger partial charge < -0.3 is 4.52 Å². The smallest absolute Gasteiger partial charge is 0.262 e. The summed E-state index contributed by atoms with van der Waals surface area (Å²) in [6, 6.07) is 6.17. The van der Waals surface area contributed by atoms with Crippen molar-refractivity contribution in [2.45, 2.75) is 19.9 Å². The van der Waals surface area contributed by atoms with Gasteiger partial charge in [0.1, 0.15) is 6.04 Å². The average molecular weight is 257 g/mol. The molecular weight excluding hydrogens is 246 g/mol. The van der Waals surface area contributed by atoms with Crippen LogP contribution in [0, 0.1) is 6.92 Å². The second kappa shape index (κ2) is 4.01. The number of fused-ring (bicyclic) bond motifs is 1. The highest BCUT2D eigenvalue weighted by molar-refractivity contribution is 6.21. The summed E-state index contributed by atoms with van der Waals surface area (Å²) in [6.07, 6.45) is 0. The summed E-state index contributed by atoms with van der Waals surface area (Å²) in [4.78, 5) is 29.7. The van der Waals surface area contributed by atoms with E-state index in [1.165, 1.54) is 0 Å². The highest BCUT2D eigenvalue weighted by Crippen LogP contribution is 2.30. The number of nitrogens with zero attached hydrogens (tertiary/aromatic N) is 3. The molecule has 2 amide bonds. The molecule has 0 N–H and O–H groups in total. The molecule has 19 heavy (non-hydrogen) atoms. The lowest BCUT2D eigenvalue weighted by atomic mass is 10.1. The predicted molar refractivity (Wildman–Crippen MR) is 64.4 cm³/mol. The third-order valence-corrected chi connectivity index (χ3v) is 3.11. The maximum absolute atomic E-state index is 12.2. The third kappa shape index (κ3) is 1.64. The van der Waals surface area contributed by atoms with Crippen LogP contribution in [0.25, 0.3) is 0 Å². The number of imide groups is 1. The standard InChI is InChI=1S/C13H11N3O3/c1-7(11-14-8(2)15-19-11)16-12(17)9-5-3-4-6-10(9)13(16)18/h3-7H,1-2H3/t7-/m0/s1. The molecule has 1 aliphatic rings. The predicted octanol–water partition coefficient (Wildman–Crippen LogP) is 1.74. The Hall–Kier alpha value is -2.50. The van der Waals surface area contributed by atoms with Crippen LogP contribution in [-0.2, 0) is 0 Å². The van der Waals surface area contributed by atoms with Gasteiger partial charge in [-0.05, 0) is 26.0 Å². The van der Waals surface area contributed by atoms with Crippen LogP contribution >= 0.6 is 0 Å². The highest BCUT2D eigenvalue weighted by atomic mass is 16.5. The zero-order chi connectivity index (χ0) is 13.6. The van der Waals surface area contributed by atoms with Crippen molar-refractivity contribution >= 4 is 11.8 Å². The molecule has 2 aromatic rings. The van der Waals surface area contributed by atoms with Crippen LogP contribution < -0.4 is 0 Å². The maximum atomic E-state index is 12.2. The lowest BCUT2D eigenvalue weighted by molar-refractivity contribution is 0.0568. The van der Waals surface area contributed by atoms with E-state index >= 15 is 0 Å². The number of aryl methyl sites for hydroxylation is 1. The number of carbonyl (C=O) groups is 2. The molecule has 6 nitrogen and oxygen atoms in total. The molecule has 0 saturated carbocycles. The van der Waals surface area contributed by atoms with E-state index in [1.54, 1.807) is 38.1 Å². The largest absolute Gasteiger partial charge is 0.337 e. The van der Waals surface area contributed by atoms with Gasteiger partial charge in [0.25, 0.3) is 11.8 Å². The van der Waals surface area contributed by atoms with E-state index < -0.39 is 6.04 Å². The van der Waals surface area contributed by atoms with Crippen LogP contribution in [0.5, 0.6) is 0 Å². The number of hydrogen-bond donors (Lipinski definition) is 0. The minimum Gasteiger partial charge on any atom is -0.337 e. The normalized spacial score (nSPS) is 15.8. The number of aromatic nitrogens is 2. The molecule has 0 fully saturated rings. The average Bonchev–Trinajstić information content (AvgIpc) is 2.94. The molecule has 0 saturated heterocycles. The van der Waals surface area contributed by atoms with Crippen molar-refractivity contribution < 1.29 is 14.1 Å². The van der Waals surface area contributed by atoms with Crippen molar-refractivity contribution in [3.63, 3.8) is 0 Å². The van der Waals surface area contributed by atoms with E-state index in [0.29, 0.717) is 17.0 Å². The SMILES string of the molecule is Cc1noc([C@H](C)N2C(=O)c3ccccc3C2=O)n1. The Bertz CT molecular complexity index is 642. The molecule has 0 unspecified atom stereocenters. The Labute approximate surface area is 109 Å². The van der Waals surface area contributed by atoms with Gasteiger partial charge in [-0.15, -0.1) is 0 Å². The van der Waals surface area contributed by atoms with Gasteiger partial charge in [-0.2, -0.15) is 4.98 Å². The van der Waals surface area contributed by atoms with E-state index in [-0.39, 0.29) is 17.7 Å². The summed E-state index contributed by atoms with van der Waals surface area (Å²) in [5.74, 6) is 0.0679. The fraction of sp³-hybridized carbons (Fsp3) is 0.231. The zero-order valence-corrected chi connectivity index (χ0v) is 10.5. The van der Waals surface area contributed by atoms with Gasteiger partial charge in [0.2, 0.25) is 5.89 Å². The number of amides is 2. The fourth-order valence-electron chi connectivity index (χ4n) is 2.15. The molecule has 96 valence electrons. The van der Waals surface area contributed by atoms with Gasteiger partial charge in [0.05, 0.1) is 11.1 Å². The van der Waals surface area contributed by atoms with Crippen molar-refractivity contribution in [2.75, 3.05) is 0 Å². The summed E-state index contributed by atoms with van der Waals surface area (Å²) in [7, 11) is 0. The maximum Gasteiger partial charge on any atom is 0.262 e. The molecule has 0 bridgehead atoms. The molecule has 1 aromatic heterocycles. The summed E-state index contributed by atoms with van der Waals surface area (Å²) >= 11 is 0. The van der Waals surface area contributed by atoms with E-state index in [9.17, 15) is 9.59 Å². The molecule has 0 spiro atoms. The van der Waals surface area contributed by atoms with E-state index in [2.05, 4.69) is 10.1 Å². The van der Waals surface area contributed by atoms with Gasteiger partial charge >= 0.3 is 0 Å². The van der Waals surface area contributed by atoms with E-state index in [4.69, 9.17) is 4.52 Å². The second-order valence-corrected chi connectivity index (χ2v) is 4.38. The molecular formula is C13H11N3O3. The Kier molecular flexibility index (Phi) is 2.45. The zero-order valence-electron chi connectivity index (χ0n) is 10.5. The first-order chi connectivity index (χ1) is 9.09. The van der Waals surface area contributed by atoms with Crippen LogP contribution in [0.3, 0.4) is 0 Å².